The van der Waals surface area contributed by atoms with Crippen molar-refractivity contribution in [3.8, 4) is 0 Å². The molecule has 0 aliphatic heterocycles. The number of carbonyl (C=O) groups excluding carboxylic acids is 1. The lowest BCUT2D eigenvalue weighted by Gasteiger charge is -1.70. The van der Waals surface area contributed by atoms with Crippen LogP contribution < -0.4 is 5.11 Å². The van der Waals surface area contributed by atoms with Gasteiger partial charge in [-0.05, 0) is 0 Å². The Morgan fingerprint density at radius 3 is 1.80 bits per heavy atom. The molecule has 32 valence electrons. The van der Waals surface area contributed by atoms with Crippen LogP contribution in [0.3, 0.4) is 0 Å². The Bertz CT molecular complexity index is 29.9. The molecule has 0 aliphatic carbocycles. The van der Waals surface area contributed by atoms with E-state index in [4.69, 9.17) is 9.90 Å². The van der Waals surface area contributed by atoms with Crippen molar-refractivity contribution in [2.24, 2.45) is 0 Å². The van der Waals surface area contributed by atoms with Gasteiger partial charge >= 0.3 is 0 Å². The molecule has 0 bridgehead atoms. The van der Waals surface area contributed by atoms with E-state index in [2.05, 4.69) is 0 Å². The van der Waals surface area contributed by atoms with Crippen LogP contribution in [-0.4, -0.2) is 6.22 Å². The second-order valence-corrected chi connectivity index (χ2v) is 0.238. The monoisotopic (exact) mass is 82.0 g/mol. The van der Waals surface area contributed by atoms with Crippen molar-refractivity contribution < 1.29 is 19.8 Å². The van der Waals surface area contributed by atoms with Gasteiger partial charge < -0.3 is 15.4 Å². The van der Waals surface area contributed by atoms with Crippen molar-refractivity contribution in [3.63, 3.8) is 0 Å². The zero-order valence-electron chi connectivity index (χ0n) is 2.27. The van der Waals surface area contributed by atoms with Crippen molar-refractivity contribution in [1.82, 2.24) is 0 Å². The summed E-state index contributed by atoms with van der Waals surface area (Å²) in [5.41, 5.74) is 0. The van der Waals surface area contributed by atoms with Crippen molar-refractivity contribution in [3.05, 3.63) is 0 Å². The molecule has 0 radical (unpaired) electrons. The number of carbonyl (C=O) groups is 1. The lowest BCUT2D eigenvalue weighted by molar-refractivity contribution is -0.264. The molecule has 0 unspecified atom stereocenters. The van der Waals surface area contributed by atoms with E-state index < -0.39 is 6.22 Å². The normalized spacial score (nSPS) is 5.00. The lowest BCUT2D eigenvalue weighted by Crippen LogP contribution is -2.12. The predicted molar refractivity (Wildman–Crippen MR) is 11.4 cm³/mol. The first kappa shape index (κ1) is 8.84. The van der Waals surface area contributed by atoms with Gasteiger partial charge in [0.1, 0.15) is 0 Å². The molecule has 0 heterocycles. The highest BCUT2D eigenvalue weighted by Gasteiger charge is 1.54. The Morgan fingerprint density at radius 2 is 1.80 bits per heavy atom. The minimum Gasteiger partial charge on any atom is -0.520 e. The van der Waals surface area contributed by atoms with E-state index in [1.807, 2.05) is 0 Å². The van der Waals surface area contributed by atoms with E-state index in [1.54, 1.807) is 0 Å². The SMILES string of the molecule is O=C([O-])F.[OH3+]. The van der Waals surface area contributed by atoms with Crippen LogP contribution in [0, 0.1) is 0 Å². The number of rotatable bonds is 0. The van der Waals surface area contributed by atoms with Crippen LogP contribution in [0.25, 0.3) is 0 Å². The molecule has 0 aromatic rings. The highest BCUT2D eigenvalue weighted by molar-refractivity contribution is 5.51. The Hall–Kier alpha value is -0.640. The minimum atomic E-state index is -2.58. The fourth-order valence-corrected chi connectivity index (χ4v) is 0. The molecule has 3 nitrogen and oxygen atoms in total. The van der Waals surface area contributed by atoms with E-state index in [0.29, 0.717) is 0 Å². The van der Waals surface area contributed by atoms with Gasteiger partial charge in [0.05, 0.1) is 0 Å². The molecule has 3 N–H and O–H groups in total. The van der Waals surface area contributed by atoms with Crippen LogP contribution in [0.15, 0.2) is 0 Å². The lowest BCUT2D eigenvalue weighted by atomic mass is 11.5. The second kappa shape index (κ2) is 3.36. The summed E-state index contributed by atoms with van der Waals surface area (Å²) in [5.74, 6) is 0. The summed E-state index contributed by atoms with van der Waals surface area (Å²) >= 11 is 0. The third-order valence-electron chi connectivity index (χ3n) is 0. The summed E-state index contributed by atoms with van der Waals surface area (Å²) in [6, 6.07) is 0. The number of carboxylic acid groups (broad SMARTS) is 1. The average Bonchev–Trinajstić information content (AvgIpc) is 0.811. The van der Waals surface area contributed by atoms with E-state index in [1.165, 1.54) is 0 Å². The molecule has 0 aromatic carbocycles. The first-order valence-electron chi connectivity index (χ1n) is 0.597. The van der Waals surface area contributed by atoms with Crippen LogP contribution in [0.4, 0.5) is 9.18 Å². The van der Waals surface area contributed by atoms with Gasteiger partial charge in [-0.2, -0.15) is 4.39 Å². The second-order valence-electron chi connectivity index (χ2n) is 0.238. The smallest absolute Gasteiger partial charge is 0.228 e. The average molecular weight is 82.0 g/mol. The van der Waals surface area contributed by atoms with Crippen LogP contribution in [-0.2, 0) is 5.48 Å². The molecule has 0 aliphatic rings. The van der Waals surface area contributed by atoms with Crippen LogP contribution in [0.2, 0.25) is 0 Å². The minimum absolute atomic E-state index is 0. The molecule has 0 saturated carbocycles. The van der Waals surface area contributed by atoms with Gasteiger partial charge in [0.25, 0.3) is 0 Å². The highest BCUT2D eigenvalue weighted by atomic mass is 19.1. The zero-order chi connectivity index (χ0) is 3.58. The molecule has 0 aromatic heterocycles. The maximum absolute atomic E-state index is 9.81. The molecule has 0 atom stereocenters. The van der Waals surface area contributed by atoms with Crippen LogP contribution in [0.1, 0.15) is 0 Å². The predicted octanol–water partition coefficient (Wildman–Crippen LogP) is -1.62. The Labute approximate surface area is 27.3 Å². The van der Waals surface area contributed by atoms with Gasteiger partial charge in [-0.25, -0.2) is 0 Å². The largest absolute Gasteiger partial charge is 0.520 e. The van der Waals surface area contributed by atoms with Crippen molar-refractivity contribution in [2.75, 3.05) is 0 Å². The van der Waals surface area contributed by atoms with Gasteiger partial charge in [0, 0.05) is 0 Å². The van der Waals surface area contributed by atoms with Gasteiger partial charge in [-0.3, -0.25) is 0 Å². The first-order valence-corrected chi connectivity index (χ1v) is 0.597. The summed E-state index contributed by atoms with van der Waals surface area (Å²) in [6.45, 7) is 0. The van der Waals surface area contributed by atoms with Gasteiger partial charge in [-0.15, -0.1) is 0 Å². The van der Waals surface area contributed by atoms with E-state index in [9.17, 15) is 4.39 Å². The summed E-state index contributed by atoms with van der Waals surface area (Å²) in [7, 11) is 0. The maximum atomic E-state index is 9.81. The summed E-state index contributed by atoms with van der Waals surface area (Å²) in [5, 5.41) is 8.22. The molecule has 5 heavy (non-hydrogen) atoms. The van der Waals surface area contributed by atoms with Crippen molar-refractivity contribution in [2.45, 2.75) is 0 Å². The summed E-state index contributed by atoms with van der Waals surface area (Å²) in [6.07, 6.45) is -2.58. The summed E-state index contributed by atoms with van der Waals surface area (Å²) in [4.78, 5) is 8.22. The third-order valence-corrected chi connectivity index (χ3v) is 0. The quantitative estimate of drug-likeness (QED) is 0.260. The molecule has 4 heteroatoms. The zero-order valence-corrected chi connectivity index (χ0v) is 2.27. The summed E-state index contributed by atoms with van der Waals surface area (Å²) < 4.78 is 9.81. The van der Waals surface area contributed by atoms with Gasteiger partial charge in [-0.1, -0.05) is 0 Å². The number of hydrogen-bond donors (Lipinski definition) is 0. The molecular weight excluding hydrogens is 79.0 g/mol. The Balaban J connectivity index is 0. The molecule has 0 rings (SSSR count). The standard InChI is InChI=1S/CHFO2.H2O/c2-1(3)4;/h(H,3,4);1H2. The van der Waals surface area contributed by atoms with E-state index in [0.717, 1.165) is 0 Å². The molecule has 0 saturated heterocycles. The topological polar surface area (TPSA) is 73.1 Å². The maximum Gasteiger partial charge on any atom is 0.228 e. The number of halogens is 1. The Kier molecular flexibility index (Phi) is 5.94. The van der Waals surface area contributed by atoms with Crippen LogP contribution >= 0.6 is 0 Å². The third kappa shape index (κ3) is 15.2. The fraction of sp³-hybridized carbons (Fsp3) is 0. The first-order chi connectivity index (χ1) is 1.73. The van der Waals surface area contributed by atoms with Gasteiger partial charge in [0.15, 0.2) is 0 Å². The highest BCUT2D eigenvalue weighted by Crippen LogP contribution is 1.50. The van der Waals surface area contributed by atoms with Crippen LogP contribution in [0.5, 0.6) is 0 Å². The molecule has 0 fully saturated rings. The number of hydrogen-bond acceptors (Lipinski definition) is 2. The Morgan fingerprint density at radius 1 is 1.80 bits per heavy atom. The fourth-order valence-electron chi connectivity index (χ4n) is 0. The molecule has 0 amide bonds. The molecular formula is CH3FO3. The van der Waals surface area contributed by atoms with E-state index in [-0.39, 0.29) is 5.48 Å². The molecule has 0 spiro atoms. The van der Waals surface area contributed by atoms with Crippen molar-refractivity contribution >= 4 is 6.22 Å². The van der Waals surface area contributed by atoms with Crippen molar-refractivity contribution in [1.29, 1.82) is 0 Å². The van der Waals surface area contributed by atoms with Gasteiger partial charge in [0.2, 0.25) is 6.22 Å². The van der Waals surface area contributed by atoms with E-state index >= 15 is 0 Å².